The molecular formula is C23H30N6S. The molecule has 0 amide bonds. The van der Waals surface area contributed by atoms with Crippen LogP contribution >= 0.6 is 11.3 Å². The van der Waals surface area contributed by atoms with Gasteiger partial charge in [0.15, 0.2) is 5.82 Å². The van der Waals surface area contributed by atoms with E-state index >= 15 is 0 Å². The molecule has 7 heteroatoms. The molecule has 0 aromatic carbocycles. The Kier molecular flexibility index (Phi) is 5.67. The fraction of sp³-hybridized carbons (Fsp3) is 0.522. The molecule has 1 N–H and O–H groups in total. The number of nitrogens with zero attached hydrogens (tertiary/aromatic N) is 5. The highest BCUT2D eigenvalue weighted by Gasteiger charge is 2.23. The zero-order valence-electron chi connectivity index (χ0n) is 17.9. The minimum absolute atomic E-state index is 0.326. The Morgan fingerprint density at radius 1 is 1.13 bits per heavy atom. The molecule has 0 radical (unpaired) electrons. The summed E-state index contributed by atoms with van der Waals surface area (Å²) in [5.41, 5.74) is 2.45. The van der Waals surface area contributed by atoms with Crippen LogP contribution in [-0.4, -0.2) is 70.6 Å². The third kappa shape index (κ3) is 4.06. The normalized spacial score (nSPS) is 19.0. The summed E-state index contributed by atoms with van der Waals surface area (Å²) in [6, 6.07) is 4.32. The van der Waals surface area contributed by atoms with Gasteiger partial charge in [-0.15, -0.1) is 11.3 Å². The lowest BCUT2D eigenvalue weighted by atomic mass is 9.97. The van der Waals surface area contributed by atoms with Gasteiger partial charge in [-0.1, -0.05) is 0 Å². The molecule has 1 atom stereocenters. The molecule has 2 aliphatic rings. The largest absolute Gasteiger partial charge is 0.366 e. The van der Waals surface area contributed by atoms with Gasteiger partial charge in [-0.05, 0) is 57.4 Å². The van der Waals surface area contributed by atoms with Gasteiger partial charge in [0.05, 0.1) is 5.39 Å². The number of aromatic nitrogens is 3. The molecule has 1 saturated heterocycles. The predicted octanol–water partition coefficient (Wildman–Crippen LogP) is 3.68. The zero-order chi connectivity index (χ0) is 20.5. The Morgan fingerprint density at radius 2 is 1.97 bits per heavy atom. The van der Waals surface area contributed by atoms with Crippen molar-refractivity contribution >= 4 is 27.4 Å². The maximum atomic E-state index is 5.01. The van der Waals surface area contributed by atoms with E-state index in [1.165, 1.54) is 35.1 Å². The number of anilines is 1. The molecular weight excluding hydrogens is 392 g/mol. The number of nitrogens with one attached hydrogen (secondary N) is 1. The molecule has 1 aliphatic carbocycles. The van der Waals surface area contributed by atoms with Crippen LogP contribution < -0.4 is 5.32 Å². The summed E-state index contributed by atoms with van der Waals surface area (Å²) in [7, 11) is 2.20. The van der Waals surface area contributed by atoms with E-state index in [0.717, 1.165) is 61.2 Å². The summed E-state index contributed by atoms with van der Waals surface area (Å²) in [5.74, 6) is 1.77. The lowest BCUT2D eigenvalue weighted by Gasteiger charge is -2.34. The van der Waals surface area contributed by atoms with E-state index in [1.54, 1.807) is 6.20 Å². The van der Waals surface area contributed by atoms with E-state index in [4.69, 9.17) is 9.97 Å². The first kappa shape index (κ1) is 19.8. The van der Waals surface area contributed by atoms with Gasteiger partial charge >= 0.3 is 0 Å². The number of fused-ring (bicyclic) bond motifs is 3. The SMILES string of the molecule is CC(CN1CCN(C)CC1)Nc1nc(-c2cccnc2)nc2sc3c(c12)CCCC3. The summed E-state index contributed by atoms with van der Waals surface area (Å²) in [5, 5.41) is 5.03. The Morgan fingerprint density at radius 3 is 2.77 bits per heavy atom. The van der Waals surface area contributed by atoms with Crippen LogP contribution in [-0.2, 0) is 12.8 Å². The summed E-state index contributed by atoms with van der Waals surface area (Å²) in [6.07, 6.45) is 8.52. The molecule has 3 aromatic heterocycles. The van der Waals surface area contributed by atoms with Crippen molar-refractivity contribution in [3.05, 3.63) is 35.0 Å². The van der Waals surface area contributed by atoms with E-state index in [9.17, 15) is 0 Å². The van der Waals surface area contributed by atoms with Gasteiger partial charge in [0.1, 0.15) is 10.6 Å². The number of aryl methyl sites for hydroxylation is 2. The maximum absolute atomic E-state index is 5.01. The molecule has 5 rings (SSSR count). The second kappa shape index (κ2) is 8.57. The van der Waals surface area contributed by atoms with Crippen LogP contribution in [0.2, 0.25) is 0 Å². The number of rotatable bonds is 5. The fourth-order valence-corrected chi connectivity index (χ4v) is 5.84. The summed E-state index contributed by atoms with van der Waals surface area (Å²) in [6.45, 7) is 7.87. The Labute approximate surface area is 182 Å². The molecule has 158 valence electrons. The van der Waals surface area contributed by atoms with Gasteiger partial charge in [-0.25, -0.2) is 9.97 Å². The van der Waals surface area contributed by atoms with Gasteiger partial charge < -0.3 is 10.2 Å². The van der Waals surface area contributed by atoms with Crippen molar-refractivity contribution in [1.82, 2.24) is 24.8 Å². The average molecular weight is 423 g/mol. The average Bonchev–Trinajstić information content (AvgIpc) is 3.15. The summed E-state index contributed by atoms with van der Waals surface area (Å²) in [4.78, 5) is 21.8. The molecule has 0 spiro atoms. The van der Waals surface area contributed by atoms with Crippen molar-refractivity contribution in [1.29, 1.82) is 0 Å². The lowest BCUT2D eigenvalue weighted by Crippen LogP contribution is -2.47. The first-order valence-corrected chi connectivity index (χ1v) is 11.9. The van der Waals surface area contributed by atoms with E-state index in [-0.39, 0.29) is 0 Å². The van der Waals surface area contributed by atoms with Crippen LogP contribution in [0.4, 0.5) is 5.82 Å². The van der Waals surface area contributed by atoms with Crippen molar-refractivity contribution in [3.8, 4) is 11.4 Å². The van der Waals surface area contributed by atoms with Crippen LogP contribution in [0.1, 0.15) is 30.2 Å². The molecule has 1 aliphatic heterocycles. The van der Waals surface area contributed by atoms with Crippen LogP contribution in [0, 0.1) is 0 Å². The predicted molar refractivity (Wildman–Crippen MR) is 124 cm³/mol. The van der Waals surface area contributed by atoms with Gasteiger partial charge in [0.25, 0.3) is 0 Å². The van der Waals surface area contributed by atoms with Crippen LogP contribution in [0.3, 0.4) is 0 Å². The number of hydrogen-bond acceptors (Lipinski definition) is 7. The molecule has 6 nitrogen and oxygen atoms in total. The van der Waals surface area contributed by atoms with Crippen molar-refractivity contribution in [3.63, 3.8) is 0 Å². The topological polar surface area (TPSA) is 57.2 Å². The number of likely N-dealkylation sites (N-methyl/N-ethyl adjacent to an activating group) is 1. The van der Waals surface area contributed by atoms with E-state index in [1.807, 2.05) is 29.7 Å². The van der Waals surface area contributed by atoms with E-state index < -0.39 is 0 Å². The van der Waals surface area contributed by atoms with Gasteiger partial charge in [0.2, 0.25) is 0 Å². The third-order valence-electron chi connectivity index (χ3n) is 6.25. The molecule has 0 saturated carbocycles. The molecule has 4 heterocycles. The fourth-order valence-electron chi connectivity index (χ4n) is 4.58. The Hall–Kier alpha value is -2.09. The van der Waals surface area contributed by atoms with E-state index in [0.29, 0.717) is 6.04 Å². The second-order valence-electron chi connectivity index (χ2n) is 8.68. The van der Waals surface area contributed by atoms with E-state index in [2.05, 4.69) is 34.1 Å². The second-order valence-corrected chi connectivity index (χ2v) is 9.76. The quantitative estimate of drug-likeness (QED) is 0.677. The first-order valence-electron chi connectivity index (χ1n) is 11.1. The maximum Gasteiger partial charge on any atom is 0.164 e. The van der Waals surface area contributed by atoms with Gasteiger partial charge in [-0.2, -0.15) is 0 Å². The van der Waals surface area contributed by atoms with Crippen molar-refractivity contribution in [2.45, 2.75) is 38.6 Å². The number of hydrogen-bond donors (Lipinski definition) is 1. The highest BCUT2D eigenvalue weighted by Crippen LogP contribution is 2.39. The summed E-state index contributed by atoms with van der Waals surface area (Å²) < 4.78 is 0. The number of piperazine rings is 1. The number of pyridine rings is 1. The molecule has 0 bridgehead atoms. The van der Waals surface area contributed by atoms with Crippen LogP contribution in [0.25, 0.3) is 21.6 Å². The Balaban J connectivity index is 1.48. The molecule has 3 aromatic rings. The highest BCUT2D eigenvalue weighted by molar-refractivity contribution is 7.19. The number of thiophene rings is 1. The van der Waals surface area contributed by atoms with Gasteiger partial charge in [0, 0.05) is 61.6 Å². The Bertz CT molecular complexity index is 1010. The van der Waals surface area contributed by atoms with Gasteiger partial charge in [-0.3, -0.25) is 9.88 Å². The van der Waals surface area contributed by atoms with Crippen LogP contribution in [0.5, 0.6) is 0 Å². The van der Waals surface area contributed by atoms with Crippen molar-refractivity contribution in [2.75, 3.05) is 45.1 Å². The third-order valence-corrected chi connectivity index (χ3v) is 7.43. The summed E-state index contributed by atoms with van der Waals surface area (Å²) >= 11 is 1.86. The van der Waals surface area contributed by atoms with Crippen LogP contribution in [0.15, 0.2) is 24.5 Å². The zero-order valence-corrected chi connectivity index (χ0v) is 18.7. The lowest BCUT2D eigenvalue weighted by molar-refractivity contribution is 0.151. The molecule has 1 unspecified atom stereocenters. The smallest absolute Gasteiger partial charge is 0.164 e. The van der Waals surface area contributed by atoms with Crippen molar-refractivity contribution < 1.29 is 0 Å². The standard InChI is InChI=1S/C23H30N6S/c1-16(15-29-12-10-28(2)11-13-29)25-22-20-18-7-3-4-8-19(18)30-23(20)27-21(26-22)17-6-5-9-24-14-17/h5-6,9,14,16H,3-4,7-8,10-13,15H2,1-2H3,(H,25,26,27). The minimum atomic E-state index is 0.326. The monoisotopic (exact) mass is 422 g/mol. The molecule has 30 heavy (non-hydrogen) atoms. The molecule has 1 fully saturated rings. The minimum Gasteiger partial charge on any atom is -0.366 e. The van der Waals surface area contributed by atoms with Crippen molar-refractivity contribution in [2.24, 2.45) is 0 Å². The highest BCUT2D eigenvalue weighted by atomic mass is 32.1. The first-order chi connectivity index (χ1) is 14.7.